The van der Waals surface area contributed by atoms with E-state index >= 15 is 0 Å². The third-order valence-corrected chi connectivity index (χ3v) is 3.84. The Morgan fingerprint density at radius 1 is 0.929 bits per heavy atom. The van der Waals surface area contributed by atoms with Crippen molar-refractivity contribution in [2.45, 2.75) is 70.9 Å². The molecule has 2 saturated carbocycles. The zero-order chi connectivity index (χ0) is 9.97. The topological polar surface area (TPSA) is 12.0 Å². The van der Waals surface area contributed by atoms with Gasteiger partial charge in [0, 0.05) is 12.1 Å². The average Bonchev–Trinajstić information content (AvgIpc) is 2.87. The standard InChI is InChI=1S/C13H25N/c1-10(2)14-13-7-5-3-4-6-12(13)11-8-9-11/h10-14H,3-9H2,1-2H3/t12-,13?/m1/s1. The molecule has 14 heavy (non-hydrogen) atoms. The molecule has 0 saturated heterocycles. The van der Waals surface area contributed by atoms with E-state index in [0.29, 0.717) is 6.04 Å². The highest BCUT2D eigenvalue weighted by Crippen LogP contribution is 2.43. The summed E-state index contributed by atoms with van der Waals surface area (Å²) in [6.45, 7) is 4.57. The minimum atomic E-state index is 0.666. The van der Waals surface area contributed by atoms with Crippen molar-refractivity contribution in [3.8, 4) is 0 Å². The van der Waals surface area contributed by atoms with E-state index < -0.39 is 0 Å². The van der Waals surface area contributed by atoms with Crippen molar-refractivity contribution in [2.75, 3.05) is 0 Å². The number of nitrogens with one attached hydrogen (secondary N) is 1. The number of hydrogen-bond donors (Lipinski definition) is 1. The molecule has 0 heterocycles. The highest BCUT2D eigenvalue weighted by molar-refractivity contribution is 4.90. The number of hydrogen-bond acceptors (Lipinski definition) is 1. The van der Waals surface area contributed by atoms with Crippen LogP contribution in [0.25, 0.3) is 0 Å². The summed E-state index contributed by atoms with van der Waals surface area (Å²) in [4.78, 5) is 0. The van der Waals surface area contributed by atoms with Crippen LogP contribution in [0.2, 0.25) is 0 Å². The van der Waals surface area contributed by atoms with Crippen LogP contribution in [0.15, 0.2) is 0 Å². The first-order chi connectivity index (χ1) is 6.77. The summed E-state index contributed by atoms with van der Waals surface area (Å²) in [6.07, 6.45) is 10.4. The van der Waals surface area contributed by atoms with E-state index in [-0.39, 0.29) is 0 Å². The smallest absolute Gasteiger partial charge is 0.0100 e. The van der Waals surface area contributed by atoms with Crippen LogP contribution in [0, 0.1) is 11.8 Å². The molecule has 0 aromatic carbocycles. The Balaban J connectivity index is 1.92. The molecule has 2 aliphatic carbocycles. The Labute approximate surface area is 88.7 Å². The fourth-order valence-electron chi connectivity index (χ4n) is 3.06. The van der Waals surface area contributed by atoms with Crippen LogP contribution in [0.4, 0.5) is 0 Å². The Morgan fingerprint density at radius 3 is 2.29 bits per heavy atom. The molecule has 2 rings (SSSR count). The van der Waals surface area contributed by atoms with Gasteiger partial charge in [-0.05, 0) is 37.5 Å². The van der Waals surface area contributed by atoms with Crippen LogP contribution in [0.5, 0.6) is 0 Å². The van der Waals surface area contributed by atoms with Gasteiger partial charge in [0.25, 0.3) is 0 Å². The van der Waals surface area contributed by atoms with E-state index in [1.165, 1.54) is 44.9 Å². The van der Waals surface area contributed by atoms with E-state index in [2.05, 4.69) is 19.2 Å². The van der Waals surface area contributed by atoms with Crippen molar-refractivity contribution in [2.24, 2.45) is 11.8 Å². The van der Waals surface area contributed by atoms with Gasteiger partial charge in [-0.2, -0.15) is 0 Å². The fourth-order valence-corrected chi connectivity index (χ4v) is 3.06. The summed E-state index contributed by atoms with van der Waals surface area (Å²) < 4.78 is 0. The lowest BCUT2D eigenvalue weighted by Crippen LogP contribution is -2.40. The van der Waals surface area contributed by atoms with E-state index in [1.807, 2.05) is 0 Å². The first kappa shape index (κ1) is 10.5. The predicted molar refractivity (Wildman–Crippen MR) is 61.4 cm³/mol. The van der Waals surface area contributed by atoms with E-state index in [4.69, 9.17) is 0 Å². The Hall–Kier alpha value is -0.0400. The molecule has 1 heteroatoms. The monoisotopic (exact) mass is 195 g/mol. The lowest BCUT2D eigenvalue weighted by atomic mass is 9.89. The largest absolute Gasteiger partial charge is 0.311 e. The highest BCUT2D eigenvalue weighted by Gasteiger charge is 2.36. The molecular formula is C13H25N. The lowest BCUT2D eigenvalue weighted by molar-refractivity contribution is 0.285. The summed E-state index contributed by atoms with van der Waals surface area (Å²) in [7, 11) is 0. The fraction of sp³-hybridized carbons (Fsp3) is 1.00. The van der Waals surface area contributed by atoms with Crippen molar-refractivity contribution in [3.63, 3.8) is 0 Å². The molecule has 0 aliphatic heterocycles. The zero-order valence-corrected chi connectivity index (χ0v) is 9.76. The zero-order valence-electron chi connectivity index (χ0n) is 9.76. The minimum Gasteiger partial charge on any atom is -0.311 e. The van der Waals surface area contributed by atoms with Crippen molar-refractivity contribution < 1.29 is 0 Å². The summed E-state index contributed by atoms with van der Waals surface area (Å²) in [6, 6.07) is 1.50. The van der Waals surface area contributed by atoms with Crippen LogP contribution in [-0.2, 0) is 0 Å². The maximum atomic E-state index is 3.79. The highest BCUT2D eigenvalue weighted by atomic mass is 14.9. The molecule has 2 aliphatic rings. The molecule has 2 atom stereocenters. The quantitative estimate of drug-likeness (QED) is 0.681. The van der Waals surface area contributed by atoms with Crippen LogP contribution in [0.1, 0.15) is 58.8 Å². The SMILES string of the molecule is CC(C)NC1CCCCC[C@@H]1C1CC1. The van der Waals surface area contributed by atoms with Crippen LogP contribution in [-0.4, -0.2) is 12.1 Å². The van der Waals surface area contributed by atoms with E-state index in [0.717, 1.165) is 17.9 Å². The molecule has 0 radical (unpaired) electrons. The normalized spacial score (nSPS) is 34.5. The maximum absolute atomic E-state index is 3.79. The van der Waals surface area contributed by atoms with E-state index in [9.17, 15) is 0 Å². The van der Waals surface area contributed by atoms with Crippen molar-refractivity contribution in [3.05, 3.63) is 0 Å². The minimum absolute atomic E-state index is 0.666. The van der Waals surface area contributed by atoms with Crippen LogP contribution in [0.3, 0.4) is 0 Å². The predicted octanol–water partition coefficient (Wildman–Crippen LogP) is 3.34. The Morgan fingerprint density at radius 2 is 1.64 bits per heavy atom. The molecule has 0 bridgehead atoms. The van der Waals surface area contributed by atoms with Gasteiger partial charge in [0.2, 0.25) is 0 Å². The number of rotatable bonds is 3. The molecule has 1 nitrogen and oxygen atoms in total. The summed E-state index contributed by atoms with van der Waals surface area (Å²) in [5.41, 5.74) is 0. The van der Waals surface area contributed by atoms with Gasteiger partial charge in [0.05, 0.1) is 0 Å². The van der Waals surface area contributed by atoms with Gasteiger partial charge < -0.3 is 5.32 Å². The van der Waals surface area contributed by atoms with Gasteiger partial charge in [-0.15, -0.1) is 0 Å². The molecule has 0 aromatic heterocycles. The molecule has 0 aromatic rings. The molecule has 0 spiro atoms. The second-order valence-electron chi connectivity index (χ2n) is 5.57. The van der Waals surface area contributed by atoms with Gasteiger partial charge >= 0.3 is 0 Å². The van der Waals surface area contributed by atoms with Gasteiger partial charge in [-0.25, -0.2) is 0 Å². The molecule has 2 fully saturated rings. The summed E-state index contributed by atoms with van der Waals surface area (Å²) in [5.74, 6) is 2.10. The van der Waals surface area contributed by atoms with Crippen LogP contribution >= 0.6 is 0 Å². The van der Waals surface area contributed by atoms with Crippen molar-refractivity contribution >= 4 is 0 Å². The first-order valence-corrected chi connectivity index (χ1v) is 6.53. The second-order valence-corrected chi connectivity index (χ2v) is 5.57. The van der Waals surface area contributed by atoms with Gasteiger partial charge in [0.15, 0.2) is 0 Å². The first-order valence-electron chi connectivity index (χ1n) is 6.53. The lowest BCUT2D eigenvalue weighted by Gasteiger charge is -2.28. The summed E-state index contributed by atoms with van der Waals surface area (Å²) in [5, 5.41) is 3.79. The van der Waals surface area contributed by atoms with E-state index in [1.54, 1.807) is 0 Å². The molecular weight excluding hydrogens is 170 g/mol. The third kappa shape index (κ3) is 2.73. The van der Waals surface area contributed by atoms with Crippen LogP contribution < -0.4 is 5.32 Å². The van der Waals surface area contributed by atoms with Gasteiger partial charge in [-0.1, -0.05) is 33.1 Å². The van der Waals surface area contributed by atoms with Crippen molar-refractivity contribution in [1.29, 1.82) is 0 Å². The molecule has 1 unspecified atom stereocenters. The maximum Gasteiger partial charge on any atom is 0.0100 e. The van der Waals surface area contributed by atoms with Gasteiger partial charge in [-0.3, -0.25) is 0 Å². The Kier molecular flexibility index (Phi) is 3.48. The molecule has 82 valence electrons. The van der Waals surface area contributed by atoms with Gasteiger partial charge in [0.1, 0.15) is 0 Å². The second kappa shape index (κ2) is 4.65. The molecule has 1 N–H and O–H groups in total. The van der Waals surface area contributed by atoms with Crippen molar-refractivity contribution in [1.82, 2.24) is 5.32 Å². The Bertz CT molecular complexity index is 172. The molecule has 0 amide bonds. The summed E-state index contributed by atoms with van der Waals surface area (Å²) >= 11 is 0. The third-order valence-electron chi connectivity index (χ3n) is 3.84. The average molecular weight is 195 g/mol.